The number of ether oxygens (including phenoxy) is 1. The molecule has 0 amide bonds. The third-order valence-corrected chi connectivity index (χ3v) is 7.62. The second-order valence-corrected chi connectivity index (χ2v) is 10.4. The lowest BCUT2D eigenvalue weighted by atomic mass is 9.91. The van der Waals surface area contributed by atoms with E-state index in [2.05, 4.69) is 0 Å². The van der Waals surface area contributed by atoms with Crippen molar-refractivity contribution in [2.24, 2.45) is 0 Å². The third kappa shape index (κ3) is 5.65. The van der Waals surface area contributed by atoms with E-state index < -0.39 is 23.2 Å². The van der Waals surface area contributed by atoms with E-state index >= 15 is 0 Å². The molecule has 1 aliphatic heterocycles. The van der Waals surface area contributed by atoms with Gasteiger partial charge in [-0.15, -0.1) is 0 Å². The summed E-state index contributed by atoms with van der Waals surface area (Å²) in [6.07, 6.45) is -3.04. The highest BCUT2D eigenvalue weighted by molar-refractivity contribution is 6.32. The number of β-amino-alcohol motifs (C(OH)–C–C–N with tert-alkyl or cyclic N) is 1. The predicted octanol–water partition coefficient (Wildman–Crippen LogP) is 6.54. The Morgan fingerprint density at radius 2 is 1.70 bits per heavy atom. The molecule has 1 saturated heterocycles. The average Bonchev–Trinajstić information content (AvgIpc) is 3.29. The largest absolute Gasteiger partial charge is 0.489 e. The number of benzene rings is 3. The number of alkyl halides is 3. The summed E-state index contributed by atoms with van der Waals surface area (Å²) in [4.78, 5) is 12.4. The Morgan fingerprint density at radius 1 is 1.02 bits per heavy atom. The Morgan fingerprint density at radius 3 is 2.35 bits per heavy atom. The van der Waals surface area contributed by atoms with Crippen molar-refractivity contribution >= 4 is 28.2 Å². The molecule has 0 radical (unpaired) electrons. The molecule has 40 heavy (non-hydrogen) atoms. The van der Waals surface area contributed by atoms with E-state index in [4.69, 9.17) is 16.3 Å². The van der Waals surface area contributed by atoms with Crippen LogP contribution in [0.4, 0.5) is 18.9 Å². The van der Waals surface area contributed by atoms with Gasteiger partial charge in [0.2, 0.25) is 5.60 Å². The molecule has 5 rings (SSSR count). The summed E-state index contributed by atoms with van der Waals surface area (Å²) in [6, 6.07) is 19.8. The van der Waals surface area contributed by atoms with Crippen molar-refractivity contribution in [1.82, 2.24) is 9.47 Å². The van der Waals surface area contributed by atoms with Gasteiger partial charge < -0.3 is 14.4 Å². The summed E-state index contributed by atoms with van der Waals surface area (Å²) in [5.74, 6) is 0.523. The standard InChI is InChI=1S/C29H27ClF3N3O4/c30-25-8-4-5-9-27(25)40-22-12-14-34(15-13-22)19-28(37,29(31,32)33)24-18-35(17-20-6-2-1-3-7-20)26-16-21(36(38)39)10-11-23(24)26/h1-11,16,18,22,37H,12-15,17,19H2. The summed E-state index contributed by atoms with van der Waals surface area (Å²) in [7, 11) is 0. The molecule has 0 saturated carbocycles. The Bertz CT molecular complexity index is 1500. The van der Waals surface area contributed by atoms with Gasteiger partial charge >= 0.3 is 6.18 Å². The zero-order valence-electron chi connectivity index (χ0n) is 21.4. The van der Waals surface area contributed by atoms with Gasteiger partial charge in [-0.2, -0.15) is 13.2 Å². The first-order valence-corrected chi connectivity index (χ1v) is 13.2. The fourth-order valence-electron chi connectivity index (χ4n) is 5.19. The van der Waals surface area contributed by atoms with Crippen molar-refractivity contribution in [3.63, 3.8) is 0 Å². The van der Waals surface area contributed by atoms with Gasteiger partial charge in [0.1, 0.15) is 11.9 Å². The Hall–Kier alpha value is -3.60. The Kier molecular flexibility index (Phi) is 7.76. The Labute approximate surface area is 233 Å². The van der Waals surface area contributed by atoms with E-state index in [0.29, 0.717) is 23.6 Å². The maximum absolute atomic E-state index is 14.7. The molecule has 0 spiro atoms. The average molecular weight is 574 g/mol. The zero-order chi connectivity index (χ0) is 28.5. The molecule has 210 valence electrons. The number of nitro groups is 1. The number of para-hydroxylation sites is 1. The summed E-state index contributed by atoms with van der Waals surface area (Å²) in [5, 5.41) is 23.4. The maximum Gasteiger partial charge on any atom is 0.422 e. The summed E-state index contributed by atoms with van der Waals surface area (Å²) in [6.45, 7) is 0.0528. The van der Waals surface area contributed by atoms with Gasteiger partial charge in [0.25, 0.3) is 5.69 Å². The number of aromatic nitrogens is 1. The minimum Gasteiger partial charge on any atom is -0.489 e. The molecule has 4 aromatic rings. The number of non-ortho nitro benzene ring substituents is 1. The number of aliphatic hydroxyl groups is 1. The molecule has 2 heterocycles. The topological polar surface area (TPSA) is 80.8 Å². The molecule has 1 unspecified atom stereocenters. The van der Waals surface area contributed by atoms with Gasteiger partial charge in [-0.3, -0.25) is 15.0 Å². The van der Waals surface area contributed by atoms with Gasteiger partial charge in [0.05, 0.1) is 15.5 Å². The van der Waals surface area contributed by atoms with E-state index in [-0.39, 0.29) is 47.9 Å². The highest BCUT2D eigenvalue weighted by atomic mass is 35.5. The SMILES string of the molecule is O=[N+]([O-])c1ccc2c(C(O)(CN3CCC(Oc4ccccc4Cl)CC3)C(F)(F)F)cn(Cc3ccccc3)c2c1. The minimum atomic E-state index is -5.01. The van der Waals surface area contributed by atoms with Crippen molar-refractivity contribution in [2.75, 3.05) is 19.6 Å². The molecule has 1 N–H and O–H groups in total. The smallest absolute Gasteiger partial charge is 0.422 e. The number of piperidine rings is 1. The maximum atomic E-state index is 14.7. The molecule has 7 nitrogen and oxygen atoms in total. The van der Waals surface area contributed by atoms with Crippen LogP contribution in [0.15, 0.2) is 79.0 Å². The lowest BCUT2D eigenvalue weighted by Crippen LogP contribution is -2.53. The number of hydrogen-bond donors (Lipinski definition) is 1. The van der Waals surface area contributed by atoms with Gasteiger partial charge in [-0.25, -0.2) is 0 Å². The molecule has 3 aromatic carbocycles. The van der Waals surface area contributed by atoms with Crippen molar-refractivity contribution < 1.29 is 27.9 Å². The van der Waals surface area contributed by atoms with Gasteiger partial charge in [0.15, 0.2) is 0 Å². The molecule has 1 aliphatic rings. The van der Waals surface area contributed by atoms with Gasteiger partial charge in [0, 0.05) is 55.5 Å². The van der Waals surface area contributed by atoms with Crippen LogP contribution in [0.25, 0.3) is 10.9 Å². The van der Waals surface area contributed by atoms with Crippen LogP contribution in [0.5, 0.6) is 5.75 Å². The van der Waals surface area contributed by atoms with Crippen molar-refractivity contribution in [3.8, 4) is 5.75 Å². The zero-order valence-corrected chi connectivity index (χ0v) is 22.1. The van der Waals surface area contributed by atoms with Crippen molar-refractivity contribution in [2.45, 2.75) is 37.3 Å². The number of fused-ring (bicyclic) bond motifs is 1. The van der Waals surface area contributed by atoms with E-state index in [1.165, 1.54) is 22.9 Å². The first-order chi connectivity index (χ1) is 19.0. The van der Waals surface area contributed by atoms with Crippen LogP contribution in [0.1, 0.15) is 24.0 Å². The van der Waals surface area contributed by atoms with Crippen LogP contribution in [0.3, 0.4) is 0 Å². The van der Waals surface area contributed by atoms with Crippen LogP contribution < -0.4 is 4.74 Å². The number of halogens is 4. The van der Waals surface area contributed by atoms with Crippen LogP contribution in [-0.2, 0) is 12.1 Å². The second kappa shape index (κ2) is 11.1. The quantitative estimate of drug-likeness (QED) is 0.191. The highest BCUT2D eigenvalue weighted by Gasteiger charge is 2.57. The van der Waals surface area contributed by atoms with Gasteiger partial charge in [-0.1, -0.05) is 54.1 Å². The molecular formula is C29H27ClF3N3O4. The van der Waals surface area contributed by atoms with Crippen LogP contribution in [0, 0.1) is 10.1 Å². The van der Waals surface area contributed by atoms with Crippen molar-refractivity contribution in [1.29, 1.82) is 0 Å². The molecule has 1 fully saturated rings. The molecule has 0 aliphatic carbocycles. The van der Waals surface area contributed by atoms with E-state index in [0.717, 1.165) is 11.6 Å². The predicted molar refractivity (Wildman–Crippen MR) is 146 cm³/mol. The second-order valence-electron chi connectivity index (χ2n) is 10.00. The summed E-state index contributed by atoms with van der Waals surface area (Å²) >= 11 is 6.17. The van der Waals surface area contributed by atoms with Crippen LogP contribution >= 0.6 is 11.6 Å². The number of rotatable bonds is 8. The summed E-state index contributed by atoms with van der Waals surface area (Å²) in [5.41, 5.74) is -2.76. The van der Waals surface area contributed by atoms with Crippen molar-refractivity contribution in [3.05, 3.63) is 105 Å². The fraction of sp³-hybridized carbons (Fsp3) is 0.310. The fourth-order valence-corrected chi connectivity index (χ4v) is 5.37. The van der Waals surface area contributed by atoms with E-state index in [1.54, 1.807) is 41.3 Å². The first-order valence-electron chi connectivity index (χ1n) is 12.8. The van der Waals surface area contributed by atoms with E-state index in [9.17, 15) is 28.4 Å². The number of likely N-dealkylation sites (tertiary alicyclic amines) is 1. The molecule has 1 aromatic heterocycles. The summed E-state index contributed by atoms with van der Waals surface area (Å²) < 4.78 is 51.6. The molecule has 1 atom stereocenters. The molecular weight excluding hydrogens is 547 g/mol. The molecule has 0 bridgehead atoms. The number of nitro benzene ring substituents is 1. The normalized spacial score (nSPS) is 16.6. The number of hydrogen-bond acceptors (Lipinski definition) is 5. The number of nitrogens with zero attached hydrogens (tertiary/aromatic N) is 3. The van der Waals surface area contributed by atoms with Gasteiger partial charge in [-0.05, 0) is 36.6 Å². The molecule has 11 heteroatoms. The van der Waals surface area contributed by atoms with E-state index in [1.807, 2.05) is 18.2 Å². The Balaban J connectivity index is 1.44. The lowest BCUT2D eigenvalue weighted by Gasteiger charge is -2.39. The van der Waals surface area contributed by atoms with Crippen LogP contribution in [0.2, 0.25) is 5.02 Å². The first kappa shape index (κ1) is 27.9. The third-order valence-electron chi connectivity index (χ3n) is 7.30. The van der Waals surface area contributed by atoms with Crippen LogP contribution in [-0.4, -0.2) is 51.4 Å². The monoisotopic (exact) mass is 573 g/mol. The lowest BCUT2D eigenvalue weighted by molar-refractivity contribution is -0.384. The minimum absolute atomic E-state index is 0.110. The highest BCUT2D eigenvalue weighted by Crippen LogP contribution is 2.44.